The van der Waals surface area contributed by atoms with Crippen LogP contribution in [0.3, 0.4) is 0 Å². The highest BCUT2D eigenvalue weighted by Gasteiger charge is 2.17. The van der Waals surface area contributed by atoms with E-state index in [2.05, 4.69) is 10.1 Å². The van der Waals surface area contributed by atoms with Crippen molar-refractivity contribution >= 4 is 11.9 Å². The number of rotatable bonds is 7. The Morgan fingerprint density at radius 2 is 2.16 bits per heavy atom. The molecule has 0 heterocycles. The van der Waals surface area contributed by atoms with Crippen LogP contribution >= 0.6 is 0 Å². The third-order valence-electron chi connectivity index (χ3n) is 2.40. The molecule has 0 spiro atoms. The molecule has 0 saturated carbocycles. The monoisotopic (exact) mass is 267 g/mol. The van der Waals surface area contributed by atoms with Crippen molar-refractivity contribution in [2.45, 2.75) is 13.0 Å². The zero-order valence-electron chi connectivity index (χ0n) is 10.9. The minimum Gasteiger partial charge on any atom is -0.484 e. The summed E-state index contributed by atoms with van der Waals surface area (Å²) in [6, 6.07) is 7.30. The van der Waals surface area contributed by atoms with Crippen molar-refractivity contribution in [2.75, 3.05) is 20.3 Å². The van der Waals surface area contributed by atoms with Gasteiger partial charge in [-0.15, -0.1) is 0 Å². The van der Waals surface area contributed by atoms with E-state index >= 15 is 0 Å². The SMILES string of the molecule is COC(CNC(=O)COc1cccc(C)c1)C(=O)O. The summed E-state index contributed by atoms with van der Waals surface area (Å²) in [5.74, 6) is -0.927. The molecule has 0 bridgehead atoms. The largest absolute Gasteiger partial charge is 0.484 e. The first-order chi connectivity index (χ1) is 9.02. The van der Waals surface area contributed by atoms with Crippen LogP contribution in [0.15, 0.2) is 24.3 Å². The molecule has 104 valence electrons. The zero-order valence-corrected chi connectivity index (χ0v) is 10.9. The number of benzene rings is 1. The number of carbonyl (C=O) groups is 2. The molecular formula is C13H17NO5. The van der Waals surface area contributed by atoms with E-state index in [0.717, 1.165) is 5.56 Å². The first kappa shape index (κ1) is 15.0. The van der Waals surface area contributed by atoms with Gasteiger partial charge in [0.25, 0.3) is 5.91 Å². The van der Waals surface area contributed by atoms with Crippen LogP contribution in [-0.4, -0.2) is 43.3 Å². The number of carboxylic acids is 1. The van der Waals surface area contributed by atoms with Gasteiger partial charge in [-0.05, 0) is 24.6 Å². The maximum absolute atomic E-state index is 11.5. The second-order valence-corrected chi connectivity index (χ2v) is 3.97. The number of carbonyl (C=O) groups excluding carboxylic acids is 1. The molecule has 1 aromatic rings. The molecule has 0 radical (unpaired) electrons. The van der Waals surface area contributed by atoms with Crippen molar-refractivity contribution in [3.8, 4) is 5.75 Å². The van der Waals surface area contributed by atoms with E-state index < -0.39 is 18.0 Å². The van der Waals surface area contributed by atoms with E-state index in [1.165, 1.54) is 7.11 Å². The van der Waals surface area contributed by atoms with Gasteiger partial charge >= 0.3 is 5.97 Å². The summed E-state index contributed by atoms with van der Waals surface area (Å²) in [6.07, 6.45) is -1.05. The normalized spacial score (nSPS) is 11.7. The molecule has 0 fully saturated rings. The van der Waals surface area contributed by atoms with Crippen molar-refractivity contribution in [3.63, 3.8) is 0 Å². The fraction of sp³-hybridized carbons (Fsp3) is 0.385. The van der Waals surface area contributed by atoms with Crippen molar-refractivity contribution < 1.29 is 24.2 Å². The first-order valence-electron chi connectivity index (χ1n) is 5.74. The number of nitrogens with one attached hydrogen (secondary N) is 1. The third kappa shape index (κ3) is 5.39. The van der Waals surface area contributed by atoms with Crippen LogP contribution in [0.5, 0.6) is 5.75 Å². The van der Waals surface area contributed by atoms with E-state index in [0.29, 0.717) is 5.75 Å². The molecule has 19 heavy (non-hydrogen) atoms. The van der Waals surface area contributed by atoms with Crippen LogP contribution in [0, 0.1) is 6.92 Å². The molecule has 1 amide bonds. The van der Waals surface area contributed by atoms with Gasteiger partial charge in [0.2, 0.25) is 0 Å². The van der Waals surface area contributed by atoms with Crippen molar-refractivity contribution in [1.82, 2.24) is 5.32 Å². The van der Waals surface area contributed by atoms with Gasteiger partial charge in [-0.3, -0.25) is 4.79 Å². The van der Waals surface area contributed by atoms with Gasteiger partial charge in [-0.2, -0.15) is 0 Å². The van der Waals surface area contributed by atoms with Crippen LogP contribution in [0.1, 0.15) is 5.56 Å². The summed E-state index contributed by atoms with van der Waals surface area (Å²) in [4.78, 5) is 22.1. The predicted octanol–water partition coefficient (Wildman–Crippen LogP) is 0.590. The molecule has 0 aromatic heterocycles. The highest BCUT2D eigenvalue weighted by atomic mass is 16.5. The summed E-state index contributed by atoms with van der Waals surface area (Å²) in [7, 11) is 1.27. The highest BCUT2D eigenvalue weighted by Crippen LogP contribution is 2.11. The Kier molecular flexibility index (Phi) is 5.81. The lowest BCUT2D eigenvalue weighted by Crippen LogP contribution is -2.39. The average Bonchev–Trinajstić information content (AvgIpc) is 2.37. The molecular weight excluding hydrogens is 250 g/mol. The maximum Gasteiger partial charge on any atom is 0.334 e. The van der Waals surface area contributed by atoms with Gasteiger partial charge in [-0.25, -0.2) is 4.79 Å². The Labute approximate surface area is 111 Å². The summed E-state index contributed by atoms with van der Waals surface area (Å²) in [5.41, 5.74) is 1.03. The van der Waals surface area contributed by atoms with Crippen molar-refractivity contribution in [3.05, 3.63) is 29.8 Å². The quantitative estimate of drug-likeness (QED) is 0.755. The zero-order chi connectivity index (χ0) is 14.3. The predicted molar refractivity (Wildman–Crippen MR) is 68.1 cm³/mol. The molecule has 0 aliphatic heterocycles. The number of hydrogen-bond acceptors (Lipinski definition) is 4. The van der Waals surface area contributed by atoms with E-state index in [1.807, 2.05) is 25.1 Å². The van der Waals surface area contributed by atoms with Gasteiger partial charge in [0.05, 0.1) is 6.54 Å². The van der Waals surface area contributed by atoms with Gasteiger partial charge in [-0.1, -0.05) is 12.1 Å². The number of carboxylic acid groups (broad SMARTS) is 1. The number of ether oxygens (including phenoxy) is 2. The summed E-state index contributed by atoms with van der Waals surface area (Å²) in [5, 5.41) is 11.1. The number of aliphatic carboxylic acids is 1. The average molecular weight is 267 g/mol. The lowest BCUT2D eigenvalue weighted by atomic mass is 10.2. The molecule has 1 rings (SSSR count). The van der Waals surface area contributed by atoms with Gasteiger partial charge in [0.15, 0.2) is 12.7 Å². The molecule has 0 saturated heterocycles. The standard InChI is InChI=1S/C13H17NO5/c1-9-4-3-5-10(6-9)19-8-12(15)14-7-11(18-2)13(16)17/h3-6,11H,7-8H2,1-2H3,(H,14,15)(H,16,17). The Morgan fingerprint density at radius 1 is 1.42 bits per heavy atom. The fourth-order valence-corrected chi connectivity index (χ4v) is 1.38. The Balaban J connectivity index is 2.34. The maximum atomic E-state index is 11.5. The van der Waals surface area contributed by atoms with Crippen molar-refractivity contribution in [2.24, 2.45) is 0 Å². The van der Waals surface area contributed by atoms with E-state index in [4.69, 9.17) is 9.84 Å². The minimum atomic E-state index is -1.12. The Morgan fingerprint density at radius 3 is 2.74 bits per heavy atom. The number of hydrogen-bond donors (Lipinski definition) is 2. The smallest absolute Gasteiger partial charge is 0.334 e. The summed E-state index contributed by atoms with van der Waals surface area (Å²) in [6.45, 7) is 1.66. The number of aryl methyl sites for hydroxylation is 1. The molecule has 0 aliphatic rings. The Bertz CT molecular complexity index is 446. The van der Waals surface area contributed by atoms with Crippen LogP contribution in [0.25, 0.3) is 0 Å². The second kappa shape index (κ2) is 7.38. The Hall–Kier alpha value is -2.08. The molecule has 0 aliphatic carbocycles. The number of amides is 1. The van der Waals surface area contributed by atoms with Crippen LogP contribution < -0.4 is 10.1 Å². The fourth-order valence-electron chi connectivity index (χ4n) is 1.38. The van der Waals surface area contributed by atoms with Crippen molar-refractivity contribution in [1.29, 1.82) is 0 Å². The van der Waals surface area contributed by atoms with E-state index in [1.54, 1.807) is 6.07 Å². The second-order valence-electron chi connectivity index (χ2n) is 3.97. The summed E-state index contributed by atoms with van der Waals surface area (Å²) >= 11 is 0. The molecule has 1 atom stereocenters. The third-order valence-corrected chi connectivity index (χ3v) is 2.40. The van der Waals surface area contributed by atoms with Gasteiger partial charge in [0.1, 0.15) is 5.75 Å². The van der Waals surface area contributed by atoms with Gasteiger partial charge in [0, 0.05) is 7.11 Å². The molecule has 1 unspecified atom stereocenters. The van der Waals surface area contributed by atoms with Gasteiger partial charge < -0.3 is 19.9 Å². The van der Waals surface area contributed by atoms with E-state index in [-0.39, 0.29) is 13.2 Å². The molecule has 6 heteroatoms. The first-order valence-corrected chi connectivity index (χ1v) is 5.74. The van der Waals surface area contributed by atoms with Crippen LogP contribution in [0.2, 0.25) is 0 Å². The highest BCUT2D eigenvalue weighted by molar-refractivity contribution is 5.79. The minimum absolute atomic E-state index is 0.0954. The van der Waals surface area contributed by atoms with Crippen LogP contribution in [0.4, 0.5) is 0 Å². The molecule has 2 N–H and O–H groups in total. The molecule has 6 nitrogen and oxygen atoms in total. The van der Waals surface area contributed by atoms with Crippen LogP contribution in [-0.2, 0) is 14.3 Å². The number of methoxy groups -OCH3 is 1. The topological polar surface area (TPSA) is 84.9 Å². The summed E-state index contributed by atoms with van der Waals surface area (Å²) < 4.78 is 9.96. The van der Waals surface area contributed by atoms with E-state index in [9.17, 15) is 9.59 Å². The molecule has 1 aromatic carbocycles. The lowest BCUT2D eigenvalue weighted by Gasteiger charge is -2.12. The lowest BCUT2D eigenvalue weighted by molar-refractivity contribution is -0.148.